The van der Waals surface area contributed by atoms with Gasteiger partial charge in [0, 0.05) is 6.07 Å². The molecule has 0 spiro atoms. The maximum absolute atomic E-state index is 10.7. The van der Waals surface area contributed by atoms with Gasteiger partial charge in [0.05, 0.1) is 6.20 Å². The number of aromatic carboxylic acids is 1. The minimum atomic E-state index is -1.19. The number of hydrogen-bond acceptors (Lipinski definition) is 4. The lowest BCUT2D eigenvalue weighted by Crippen LogP contribution is -2.01. The predicted octanol–water partition coefficient (Wildman–Crippen LogP) is 3.19. The summed E-state index contributed by atoms with van der Waals surface area (Å²) in [6, 6.07) is 9.07. The van der Waals surface area contributed by atoms with Gasteiger partial charge >= 0.3 is 5.97 Å². The Morgan fingerprint density at radius 1 is 1.29 bits per heavy atom. The Kier molecular flexibility index (Phi) is 4.42. The van der Waals surface area contributed by atoms with E-state index in [0.29, 0.717) is 5.92 Å². The van der Waals surface area contributed by atoms with Crippen molar-refractivity contribution in [1.82, 2.24) is 4.98 Å². The monoisotopic (exact) mass is 287 g/mol. The summed E-state index contributed by atoms with van der Waals surface area (Å²) in [6.45, 7) is 4.53. The average molecular weight is 287 g/mol. The van der Waals surface area contributed by atoms with Crippen molar-refractivity contribution in [1.29, 1.82) is 0 Å². The molecule has 21 heavy (non-hydrogen) atoms. The molecule has 2 N–H and O–H groups in total. The maximum atomic E-state index is 10.7. The number of aromatic hydroxyl groups is 1. The van der Waals surface area contributed by atoms with E-state index in [4.69, 9.17) is 9.84 Å². The predicted molar refractivity (Wildman–Crippen MR) is 77.7 cm³/mol. The summed E-state index contributed by atoms with van der Waals surface area (Å²) in [6.07, 6.45) is 1.21. The standard InChI is InChI=1S/C16H17NO4/c1-10(2)12-5-3-11(4-6-12)9-21-15-8-17-13(16(19)20)7-14(15)18/h3-8,10H,9H2,1-2H3,(H,17,18)(H,19,20). The third kappa shape index (κ3) is 3.72. The van der Waals surface area contributed by atoms with E-state index in [0.717, 1.165) is 11.6 Å². The Bertz CT molecular complexity index is 635. The van der Waals surface area contributed by atoms with Gasteiger partial charge in [0.25, 0.3) is 0 Å². The highest BCUT2D eigenvalue weighted by Gasteiger charge is 2.10. The fourth-order valence-electron chi connectivity index (χ4n) is 1.82. The number of rotatable bonds is 5. The van der Waals surface area contributed by atoms with Gasteiger partial charge in [0.2, 0.25) is 0 Å². The van der Waals surface area contributed by atoms with Gasteiger partial charge in [-0.1, -0.05) is 38.1 Å². The normalized spacial score (nSPS) is 10.6. The molecule has 0 aliphatic rings. The van der Waals surface area contributed by atoms with E-state index in [1.807, 2.05) is 24.3 Å². The minimum absolute atomic E-state index is 0.160. The number of pyridine rings is 1. The summed E-state index contributed by atoms with van der Waals surface area (Å²) in [5.41, 5.74) is 1.98. The van der Waals surface area contributed by atoms with Crippen molar-refractivity contribution in [2.45, 2.75) is 26.4 Å². The molecule has 0 bridgehead atoms. The van der Waals surface area contributed by atoms with Crippen molar-refractivity contribution in [3.05, 3.63) is 53.3 Å². The van der Waals surface area contributed by atoms with Crippen LogP contribution in [0.15, 0.2) is 36.5 Å². The lowest BCUT2D eigenvalue weighted by molar-refractivity contribution is 0.0689. The Balaban J connectivity index is 2.04. The Hall–Kier alpha value is -2.56. The van der Waals surface area contributed by atoms with Crippen LogP contribution in [0.5, 0.6) is 11.5 Å². The Labute approximate surface area is 122 Å². The molecule has 0 fully saturated rings. The van der Waals surface area contributed by atoms with Crippen LogP contribution >= 0.6 is 0 Å². The number of carboxylic acids is 1. The number of benzene rings is 1. The van der Waals surface area contributed by atoms with E-state index < -0.39 is 5.97 Å². The molecule has 0 aliphatic heterocycles. The van der Waals surface area contributed by atoms with Gasteiger partial charge in [-0.15, -0.1) is 0 Å². The maximum Gasteiger partial charge on any atom is 0.354 e. The molecule has 0 aliphatic carbocycles. The number of carbonyl (C=O) groups is 1. The molecule has 0 radical (unpaired) electrons. The summed E-state index contributed by atoms with van der Waals surface area (Å²) in [5, 5.41) is 18.5. The van der Waals surface area contributed by atoms with Crippen molar-refractivity contribution < 1.29 is 19.7 Å². The lowest BCUT2D eigenvalue weighted by atomic mass is 10.0. The summed E-state index contributed by atoms with van der Waals surface area (Å²) in [7, 11) is 0. The van der Waals surface area contributed by atoms with Gasteiger partial charge in [-0.2, -0.15) is 0 Å². The highest BCUT2D eigenvalue weighted by Crippen LogP contribution is 2.26. The molecule has 5 nitrogen and oxygen atoms in total. The Morgan fingerprint density at radius 3 is 2.48 bits per heavy atom. The quantitative estimate of drug-likeness (QED) is 0.882. The van der Waals surface area contributed by atoms with Crippen LogP contribution in [0.3, 0.4) is 0 Å². The van der Waals surface area contributed by atoms with Gasteiger partial charge < -0.3 is 14.9 Å². The van der Waals surface area contributed by atoms with Gasteiger partial charge in [0.15, 0.2) is 17.2 Å². The molecule has 110 valence electrons. The van der Waals surface area contributed by atoms with Crippen molar-refractivity contribution in [2.24, 2.45) is 0 Å². The van der Waals surface area contributed by atoms with E-state index in [9.17, 15) is 9.90 Å². The summed E-state index contributed by atoms with van der Waals surface area (Å²) >= 11 is 0. The SMILES string of the molecule is CC(C)c1ccc(COc2cnc(C(=O)O)cc2O)cc1. The average Bonchev–Trinajstić information content (AvgIpc) is 2.46. The van der Waals surface area contributed by atoms with Crippen LogP contribution in [0.4, 0.5) is 0 Å². The first-order chi connectivity index (χ1) is 9.97. The first kappa shape index (κ1) is 14.8. The smallest absolute Gasteiger partial charge is 0.354 e. The molecular formula is C16H17NO4. The molecule has 0 amide bonds. The van der Waals surface area contributed by atoms with Crippen molar-refractivity contribution in [2.75, 3.05) is 0 Å². The zero-order chi connectivity index (χ0) is 15.4. The second-order valence-electron chi connectivity index (χ2n) is 5.03. The van der Waals surface area contributed by atoms with Crippen LogP contribution in [-0.4, -0.2) is 21.2 Å². The van der Waals surface area contributed by atoms with E-state index in [1.54, 1.807) is 0 Å². The topological polar surface area (TPSA) is 79.7 Å². The zero-order valence-electron chi connectivity index (χ0n) is 11.9. The van der Waals surface area contributed by atoms with Crippen LogP contribution in [0.1, 0.15) is 41.4 Å². The van der Waals surface area contributed by atoms with E-state index >= 15 is 0 Å². The summed E-state index contributed by atoms with van der Waals surface area (Å²) < 4.78 is 5.45. The highest BCUT2D eigenvalue weighted by atomic mass is 16.5. The van der Waals surface area contributed by atoms with Gasteiger partial charge in [-0.3, -0.25) is 0 Å². The first-order valence-corrected chi connectivity index (χ1v) is 6.61. The van der Waals surface area contributed by atoms with Crippen LogP contribution < -0.4 is 4.74 Å². The molecule has 1 aromatic carbocycles. The van der Waals surface area contributed by atoms with Crippen molar-refractivity contribution in [3.8, 4) is 11.5 Å². The van der Waals surface area contributed by atoms with E-state index in [-0.39, 0.29) is 23.8 Å². The van der Waals surface area contributed by atoms with E-state index in [2.05, 4.69) is 18.8 Å². The van der Waals surface area contributed by atoms with Crippen LogP contribution in [0.25, 0.3) is 0 Å². The van der Waals surface area contributed by atoms with Crippen molar-refractivity contribution in [3.63, 3.8) is 0 Å². The largest absolute Gasteiger partial charge is 0.504 e. The lowest BCUT2D eigenvalue weighted by Gasteiger charge is -2.10. The zero-order valence-corrected chi connectivity index (χ0v) is 11.9. The number of ether oxygens (including phenoxy) is 1. The fourth-order valence-corrected chi connectivity index (χ4v) is 1.82. The molecule has 5 heteroatoms. The van der Waals surface area contributed by atoms with Gasteiger partial charge in [-0.05, 0) is 17.0 Å². The molecule has 0 unspecified atom stereocenters. The van der Waals surface area contributed by atoms with Crippen LogP contribution in [0.2, 0.25) is 0 Å². The summed E-state index contributed by atoms with van der Waals surface area (Å²) in [4.78, 5) is 14.4. The number of carboxylic acid groups (broad SMARTS) is 1. The third-order valence-electron chi connectivity index (χ3n) is 3.11. The Morgan fingerprint density at radius 2 is 1.95 bits per heavy atom. The molecule has 0 saturated heterocycles. The third-order valence-corrected chi connectivity index (χ3v) is 3.11. The molecular weight excluding hydrogens is 270 g/mol. The molecule has 1 heterocycles. The van der Waals surface area contributed by atoms with Crippen LogP contribution in [-0.2, 0) is 6.61 Å². The number of aromatic nitrogens is 1. The highest BCUT2D eigenvalue weighted by molar-refractivity contribution is 5.85. The molecule has 0 atom stereocenters. The number of hydrogen-bond donors (Lipinski definition) is 2. The summed E-state index contributed by atoms with van der Waals surface area (Å²) in [5.74, 6) is -0.799. The van der Waals surface area contributed by atoms with Gasteiger partial charge in [-0.25, -0.2) is 9.78 Å². The second kappa shape index (κ2) is 6.26. The molecule has 0 saturated carbocycles. The second-order valence-corrected chi connectivity index (χ2v) is 5.03. The molecule has 2 aromatic rings. The fraction of sp³-hybridized carbons (Fsp3) is 0.250. The number of nitrogens with zero attached hydrogens (tertiary/aromatic N) is 1. The molecule has 1 aromatic heterocycles. The van der Waals surface area contributed by atoms with E-state index in [1.165, 1.54) is 11.8 Å². The van der Waals surface area contributed by atoms with Gasteiger partial charge in [0.1, 0.15) is 6.61 Å². The van der Waals surface area contributed by atoms with Crippen LogP contribution in [0, 0.1) is 0 Å². The first-order valence-electron chi connectivity index (χ1n) is 6.61. The molecule has 2 rings (SSSR count). The van der Waals surface area contributed by atoms with Crippen molar-refractivity contribution >= 4 is 5.97 Å². The minimum Gasteiger partial charge on any atom is -0.504 e.